The van der Waals surface area contributed by atoms with Crippen LogP contribution in [0.4, 0.5) is 91.5 Å². The van der Waals surface area contributed by atoms with Crippen LogP contribution in [0.1, 0.15) is 68.8 Å². The minimum Gasteiger partial charge on any atom is -0.310 e. The van der Waals surface area contributed by atoms with Crippen molar-refractivity contribution in [3.63, 3.8) is 0 Å². The monoisotopic (exact) mass is 1770 g/mol. The van der Waals surface area contributed by atoms with Crippen molar-refractivity contribution in [2.24, 2.45) is 11.8 Å². The molecule has 138 heavy (non-hydrogen) atoms. The van der Waals surface area contributed by atoms with Gasteiger partial charge in [-0.3, -0.25) is 19.6 Å². The van der Waals surface area contributed by atoms with E-state index in [9.17, 15) is 0 Å². The molecule has 0 spiro atoms. The third-order valence-corrected chi connectivity index (χ3v) is 27.9. The smallest absolute Gasteiger partial charge is 0.137 e. The Bertz CT molecular complexity index is 8050. The number of benzene rings is 16. The molecule has 0 bridgehead atoms. The second-order valence-electron chi connectivity index (χ2n) is 36.2. The number of hydrogen-bond donors (Lipinski definition) is 0. The van der Waals surface area contributed by atoms with Crippen molar-refractivity contribution >= 4 is 170 Å². The highest BCUT2D eigenvalue weighted by Gasteiger charge is 2.43. The van der Waals surface area contributed by atoms with Gasteiger partial charge in [0, 0.05) is 121 Å². The van der Waals surface area contributed by atoms with Crippen molar-refractivity contribution in [3.8, 4) is 0 Å². The summed E-state index contributed by atoms with van der Waals surface area (Å²) in [4.78, 5) is 33.7. The Kier molecular flexibility index (Phi) is 21.6. The van der Waals surface area contributed by atoms with Gasteiger partial charge in [-0.1, -0.05) is 309 Å². The molecule has 0 saturated heterocycles. The maximum Gasteiger partial charge on any atom is 0.137 e. The third-order valence-electron chi connectivity index (χ3n) is 27.9. The molecule has 4 aromatic heterocycles. The van der Waals surface area contributed by atoms with Gasteiger partial charge >= 0.3 is 0 Å². The van der Waals surface area contributed by atoms with Gasteiger partial charge in [-0.05, 0) is 268 Å². The number of para-hydroxylation sites is 6. The molecule has 658 valence electrons. The molecule has 0 aliphatic heterocycles. The zero-order valence-corrected chi connectivity index (χ0v) is 77.0. The number of fused-ring (bicyclic) bond motifs is 2. The lowest BCUT2D eigenvalue weighted by Gasteiger charge is -2.43. The number of aromatic nitrogens is 4. The van der Waals surface area contributed by atoms with E-state index in [2.05, 4.69) is 506 Å². The summed E-state index contributed by atoms with van der Waals surface area (Å²) in [6.07, 6.45) is 33.7. The first-order chi connectivity index (χ1) is 68.2. The van der Waals surface area contributed by atoms with E-state index < -0.39 is 0 Å². The highest BCUT2D eigenvalue weighted by molar-refractivity contribution is 6.28. The number of hydrogen-bond acceptors (Lipinski definition) is 10. The number of allylic oxidation sites excluding steroid dienone is 10. The van der Waals surface area contributed by atoms with E-state index in [-0.39, 0.29) is 17.8 Å². The lowest BCUT2D eigenvalue weighted by Crippen LogP contribution is -2.30. The van der Waals surface area contributed by atoms with Gasteiger partial charge in [0.05, 0.1) is 39.8 Å². The van der Waals surface area contributed by atoms with Gasteiger partial charge in [0.2, 0.25) is 0 Å². The molecule has 10 heteroatoms. The largest absolute Gasteiger partial charge is 0.310 e. The molecule has 0 N–H and O–H groups in total. The van der Waals surface area contributed by atoms with Crippen LogP contribution < -0.4 is 29.4 Å². The molecular formula is C128H96N10. The maximum atomic E-state index is 4.95. The summed E-state index contributed by atoms with van der Waals surface area (Å²) in [7, 11) is 0. The van der Waals surface area contributed by atoms with Crippen molar-refractivity contribution in [2.75, 3.05) is 29.4 Å². The normalized spacial score (nSPS) is 15.4. The van der Waals surface area contributed by atoms with E-state index in [0.717, 1.165) is 103 Å². The molecule has 26 rings (SSSR count). The van der Waals surface area contributed by atoms with Crippen LogP contribution in [0.5, 0.6) is 0 Å². The highest BCUT2D eigenvalue weighted by Crippen LogP contribution is 2.59. The molecule has 16 aromatic carbocycles. The van der Waals surface area contributed by atoms with Crippen LogP contribution in [-0.4, -0.2) is 19.9 Å². The zero-order valence-electron chi connectivity index (χ0n) is 77.0. The van der Waals surface area contributed by atoms with Crippen LogP contribution in [0.2, 0.25) is 0 Å². The van der Waals surface area contributed by atoms with Gasteiger partial charge in [0.1, 0.15) is 23.3 Å². The number of rotatable bonds is 18. The Morgan fingerprint density at radius 2 is 0.667 bits per heavy atom. The highest BCUT2D eigenvalue weighted by atomic mass is 15.2. The van der Waals surface area contributed by atoms with Gasteiger partial charge in [-0.15, -0.1) is 0 Å². The summed E-state index contributed by atoms with van der Waals surface area (Å²) >= 11 is 0. The van der Waals surface area contributed by atoms with Crippen molar-refractivity contribution in [2.45, 2.75) is 39.5 Å². The first-order valence-corrected chi connectivity index (χ1v) is 47.5. The average Bonchev–Trinajstić information content (AvgIpc) is 0.688. The Hall–Kier alpha value is -17.6. The van der Waals surface area contributed by atoms with E-state index in [0.29, 0.717) is 5.92 Å². The fourth-order valence-corrected chi connectivity index (χ4v) is 21.7. The average molecular weight is 1770 g/mol. The van der Waals surface area contributed by atoms with Crippen LogP contribution >= 0.6 is 0 Å². The topological polar surface area (TPSA) is 71.0 Å². The SMILES string of the molecule is C1=Cc2ccc(N(c3ccccc3)c3ccccc3)c3c2C2C1=C(N(c1ccccc1)c1ccccc1)C=CC2C=C3.CC1=CC(N(c2ccccn2)c2cccc3ccccc23)=C2C=Cc3c(C)cc(N(c4ccccn4)c4cccc5ccccc45)c4c3C2C1C=C4.Cc1ccc(N(c2ccccc2)c2ccc3ccc4c(N(c5ccccc5)c5ccc(C)cn5)ccc5ccc2c3c54)nc1. The van der Waals surface area contributed by atoms with Crippen molar-refractivity contribution in [3.05, 3.63) is 540 Å². The summed E-state index contributed by atoms with van der Waals surface area (Å²) in [6.45, 7) is 8.69. The summed E-state index contributed by atoms with van der Waals surface area (Å²) in [5, 5.41) is 12.1. The van der Waals surface area contributed by atoms with Crippen LogP contribution in [0.25, 0.3) is 78.2 Å². The minimum atomic E-state index is 0.137. The summed E-state index contributed by atoms with van der Waals surface area (Å²) in [5.74, 6) is 4.50. The third kappa shape index (κ3) is 14.9. The van der Waals surface area contributed by atoms with Gasteiger partial charge in [-0.2, -0.15) is 0 Å². The quantitative estimate of drug-likeness (QED) is 0.0776. The van der Waals surface area contributed by atoms with E-state index in [4.69, 9.17) is 19.9 Å². The Labute approximate surface area is 804 Å². The summed E-state index contributed by atoms with van der Waals surface area (Å²) in [5.41, 5.74) is 31.4. The number of nitrogens with zero attached hydrogens (tertiary/aromatic N) is 10. The maximum absolute atomic E-state index is 4.95. The van der Waals surface area contributed by atoms with E-state index in [1.165, 1.54) is 121 Å². The molecule has 4 heterocycles. The molecule has 10 nitrogen and oxygen atoms in total. The lowest BCUT2D eigenvalue weighted by atomic mass is 9.65. The molecule has 0 saturated carbocycles. The molecule has 0 radical (unpaired) electrons. The number of aryl methyl sites for hydroxylation is 3. The first kappa shape index (κ1) is 83.5. The van der Waals surface area contributed by atoms with E-state index in [1.807, 2.05) is 36.9 Å². The Morgan fingerprint density at radius 3 is 1.18 bits per heavy atom. The fourth-order valence-electron chi connectivity index (χ4n) is 21.7. The standard InChI is InChI=1S/C48H36N4.C40H30N4.C40H30N2/c1-31-29-43(51(45-21-7-9-27-49-45)41-19-11-15-33-13-3-5-17-37(33)41)39-26-24-36-32(2)30-44(40-25-23-35(31)47(39)48(36)40)52(46-22-8-10-28-50-46)42-20-12-16-34-14-4-6-18-38(34)42;1-27-13-23-37(41-25-27)43(31-9-5-3-6-10-31)35-21-17-29-16-20-34-36(22-18-30-15-19-33(35)39(29)40(30)34)44(32-11-7-4-8-12-32)38-24-14-28(2)26-42-38;1-5-13-31(14-6-1)41(32-15-7-2-8-16-32)37-27-23-29-22-26-36-38(28-24-30-21-25-35(37)39(29)40(30)36)42(33-17-9-3-10-18-33)34-19-11-4-12-20-34/h3-30,35,47H,1-2H3;3-26H,1-2H3;1-29,39H. The predicted octanol–water partition coefficient (Wildman–Crippen LogP) is 33.9. The number of anilines is 16. The van der Waals surface area contributed by atoms with Crippen LogP contribution in [0.3, 0.4) is 0 Å². The van der Waals surface area contributed by atoms with E-state index >= 15 is 0 Å². The molecule has 6 aliphatic rings. The van der Waals surface area contributed by atoms with Gasteiger partial charge in [0.15, 0.2) is 0 Å². The molecule has 4 atom stereocenters. The molecule has 0 fully saturated rings. The predicted molar refractivity (Wildman–Crippen MR) is 578 cm³/mol. The summed E-state index contributed by atoms with van der Waals surface area (Å²) < 4.78 is 0. The molecule has 0 amide bonds. The molecule has 4 unspecified atom stereocenters. The minimum absolute atomic E-state index is 0.137. The fraction of sp³-hybridized carbons (Fsp3) is 0.0625. The van der Waals surface area contributed by atoms with Crippen molar-refractivity contribution < 1.29 is 0 Å². The lowest BCUT2D eigenvalue weighted by molar-refractivity contribution is 0.620. The Balaban J connectivity index is 0.000000113. The van der Waals surface area contributed by atoms with Crippen LogP contribution in [-0.2, 0) is 0 Å². The number of pyridine rings is 4. The van der Waals surface area contributed by atoms with Crippen LogP contribution in [0, 0.1) is 32.6 Å². The summed E-state index contributed by atoms with van der Waals surface area (Å²) in [6, 6.07) is 140. The van der Waals surface area contributed by atoms with Gasteiger partial charge < -0.3 is 9.80 Å². The van der Waals surface area contributed by atoms with E-state index in [1.54, 1.807) is 0 Å². The molecule has 6 aliphatic carbocycles. The molecule has 20 aromatic rings. The van der Waals surface area contributed by atoms with Gasteiger partial charge in [0.25, 0.3) is 0 Å². The van der Waals surface area contributed by atoms with Crippen molar-refractivity contribution in [1.82, 2.24) is 19.9 Å². The van der Waals surface area contributed by atoms with Crippen molar-refractivity contribution in [1.29, 1.82) is 0 Å². The Morgan fingerprint density at radius 1 is 0.246 bits per heavy atom. The van der Waals surface area contributed by atoms with Crippen LogP contribution in [0.15, 0.2) is 490 Å². The second kappa shape index (κ2) is 35.7. The second-order valence-corrected chi connectivity index (χ2v) is 36.2. The first-order valence-electron chi connectivity index (χ1n) is 47.5. The molecular weight excluding hydrogens is 1680 g/mol. The zero-order chi connectivity index (χ0) is 92.3. The van der Waals surface area contributed by atoms with Gasteiger partial charge in [-0.25, -0.2) is 19.9 Å².